The Labute approximate surface area is 183 Å². The first-order valence-corrected chi connectivity index (χ1v) is 10.6. The van der Waals surface area contributed by atoms with Gasteiger partial charge >= 0.3 is 0 Å². The van der Waals surface area contributed by atoms with Crippen LogP contribution in [0.4, 0.5) is 5.88 Å². The van der Waals surface area contributed by atoms with Gasteiger partial charge in [0.2, 0.25) is 11.8 Å². The summed E-state index contributed by atoms with van der Waals surface area (Å²) in [4.78, 5) is 12.4. The fourth-order valence-electron chi connectivity index (χ4n) is 3.02. The molecule has 0 spiro atoms. The number of hydrogen-bond acceptors (Lipinski definition) is 7. The first-order valence-electron chi connectivity index (χ1n) is 9.57. The summed E-state index contributed by atoms with van der Waals surface area (Å²) in [6, 6.07) is 17.3. The number of nitrogens with one attached hydrogen (secondary N) is 1. The number of nitrogens with zero attached hydrogens (tertiary/aromatic N) is 4. The van der Waals surface area contributed by atoms with Crippen LogP contribution in [0.1, 0.15) is 11.3 Å². The smallest absolute Gasteiger partial charge is 0.237 e. The normalized spacial score (nSPS) is 10.8. The molecule has 1 amide bonds. The summed E-state index contributed by atoms with van der Waals surface area (Å²) in [6.45, 7) is 3.82. The molecular formula is C22H21N5O3S. The number of rotatable bonds is 7. The van der Waals surface area contributed by atoms with E-state index in [0.717, 1.165) is 16.8 Å². The van der Waals surface area contributed by atoms with Crippen molar-refractivity contribution in [1.29, 1.82) is 0 Å². The maximum atomic E-state index is 12.4. The summed E-state index contributed by atoms with van der Waals surface area (Å²) < 4.78 is 12.5. The topological polar surface area (TPSA) is 95.1 Å². The van der Waals surface area contributed by atoms with Gasteiger partial charge in [0.1, 0.15) is 5.75 Å². The molecule has 4 rings (SSSR count). The van der Waals surface area contributed by atoms with Gasteiger partial charge in [0.05, 0.1) is 24.1 Å². The average Bonchev–Trinajstić information content (AvgIpc) is 3.38. The van der Waals surface area contributed by atoms with Gasteiger partial charge in [-0.1, -0.05) is 46.7 Å². The lowest BCUT2D eigenvalue weighted by atomic mass is 10.1. The first kappa shape index (κ1) is 20.7. The molecule has 2 aromatic heterocycles. The predicted molar refractivity (Wildman–Crippen MR) is 119 cm³/mol. The second kappa shape index (κ2) is 9.05. The van der Waals surface area contributed by atoms with Crippen LogP contribution in [0.5, 0.6) is 5.75 Å². The molecule has 2 heterocycles. The lowest BCUT2D eigenvalue weighted by Gasteiger charge is -2.12. The number of carbonyl (C=O) groups excluding carboxylic acids is 1. The SMILES string of the molecule is COc1ccccc1-c1nnc(SCC(=O)Nc2cc(C)no2)n1-c1ccc(C)cc1. The number of ether oxygens (including phenoxy) is 1. The summed E-state index contributed by atoms with van der Waals surface area (Å²) in [6.07, 6.45) is 0. The van der Waals surface area contributed by atoms with E-state index in [4.69, 9.17) is 9.26 Å². The van der Waals surface area contributed by atoms with E-state index in [1.54, 1.807) is 20.1 Å². The molecule has 4 aromatic rings. The van der Waals surface area contributed by atoms with Gasteiger partial charge in [-0.15, -0.1) is 10.2 Å². The van der Waals surface area contributed by atoms with Crippen LogP contribution in [0.2, 0.25) is 0 Å². The molecule has 0 saturated carbocycles. The van der Waals surface area contributed by atoms with Crippen molar-refractivity contribution in [1.82, 2.24) is 19.9 Å². The van der Waals surface area contributed by atoms with Gasteiger partial charge in [0.25, 0.3) is 0 Å². The first-order chi connectivity index (χ1) is 15.0. The summed E-state index contributed by atoms with van der Waals surface area (Å²) in [5.41, 5.74) is 3.55. The number of hydrogen-bond donors (Lipinski definition) is 1. The van der Waals surface area contributed by atoms with Crippen molar-refractivity contribution < 1.29 is 14.1 Å². The summed E-state index contributed by atoms with van der Waals surface area (Å²) >= 11 is 1.28. The number of aryl methyl sites for hydroxylation is 2. The number of amides is 1. The number of anilines is 1. The largest absolute Gasteiger partial charge is 0.496 e. The van der Waals surface area contributed by atoms with Crippen LogP contribution < -0.4 is 10.1 Å². The molecule has 0 aliphatic rings. The predicted octanol–water partition coefficient (Wildman–Crippen LogP) is 4.28. The van der Waals surface area contributed by atoms with Gasteiger partial charge in [0, 0.05) is 11.8 Å². The Bertz CT molecular complexity index is 1200. The summed E-state index contributed by atoms with van der Waals surface area (Å²) in [5, 5.41) is 15.8. The molecule has 8 nitrogen and oxygen atoms in total. The molecule has 0 saturated heterocycles. The van der Waals surface area contributed by atoms with Gasteiger partial charge in [-0.2, -0.15) is 0 Å². The number of thioether (sulfide) groups is 1. The van der Waals surface area contributed by atoms with Crippen molar-refractivity contribution >= 4 is 23.6 Å². The van der Waals surface area contributed by atoms with Crippen molar-refractivity contribution in [3.63, 3.8) is 0 Å². The van der Waals surface area contributed by atoms with Gasteiger partial charge in [-0.05, 0) is 38.1 Å². The van der Waals surface area contributed by atoms with Crippen LogP contribution in [0.15, 0.2) is 64.3 Å². The Hall–Kier alpha value is -3.59. The summed E-state index contributed by atoms with van der Waals surface area (Å²) in [5.74, 6) is 1.56. The van der Waals surface area contributed by atoms with Crippen LogP contribution in [-0.2, 0) is 4.79 Å². The van der Waals surface area contributed by atoms with Crippen LogP contribution in [0, 0.1) is 13.8 Å². The third kappa shape index (κ3) is 4.61. The lowest BCUT2D eigenvalue weighted by molar-refractivity contribution is -0.113. The highest BCUT2D eigenvalue weighted by molar-refractivity contribution is 7.99. The third-order valence-corrected chi connectivity index (χ3v) is 5.43. The molecule has 2 aromatic carbocycles. The van der Waals surface area contributed by atoms with E-state index in [0.29, 0.717) is 28.3 Å². The molecule has 0 bridgehead atoms. The maximum Gasteiger partial charge on any atom is 0.237 e. The van der Waals surface area contributed by atoms with E-state index in [2.05, 4.69) is 20.7 Å². The third-order valence-electron chi connectivity index (χ3n) is 4.50. The highest BCUT2D eigenvalue weighted by atomic mass is 32.2. The minimum atomic E-state index is -0.224. The molecule has 0 aliphatic heterocycles. The number of aromatic nitrogens is 4. The van der Waals surface area contributed by atoms with Crippen LogP contribution in [0.3, 0.4) is 0 Å². The zero-order valence-electron chi connectivity index (χ0n) is 17.3. The standard InChI is InChI=1S/C22H21N5O3S/c1-14-8-10-16(11-9-14)27-21(17-6-4-5-7-18(17)29-3)24-25-22(27)31-13-19(28)23-20-12-15(2)26-30-20/h4-12H,13H2,1-3H3,(H,23,28). The maximum absolute atomic E-state index is 12.4. The molecule has 0 aliphatic carbocycles. The Morgan fingerprint density at radius 3 is 2.61 bits per heavy atom. The minimum Gasteiger partial charge on any atom is -0.496 e. The van der Waals surface area contributed by atoms with Crippen molar-refractivity contribution in [2.24, 2.45) is 0 Å². The summed E-state index contributed by atoms with van der Waals surface area (Å²) in [7, 11) is 1.62. The minimum absolute atomic E-state index is 0.135. The second-order valence-electron chi connectivity index (χ2n) is 6.85. The zero-order chi connectivity index (χ0) is 21.8. The average molecular weight is 436 g/mol. The van der Waals surface area contributed by atoms with E-state index in [1.165, 1.54) is 11.8 Å². The van der Waals surface area contributed by atoms with Gasteiger partial charge in [0.15, 0.2) is 11.0 Å². The van der Waals surface area contributed by atoms with Gasteiger partial charge < -0.3 is 9.26 Å². The lowest BCUT2D eigenvalue weighted by Crippen LogP contribution is -2.14. The Kier molecular flexibility index (Phi) is 6.03. The highest BCUT2D eigenvalue weighted by Crippen LogP contribution is 2.33. The molecule has 0 unspecified atom stereocenters. The van der Waals surface area contributed by atoms with E-state index < -0.39 is 0 Å². The number of benzene rings is 2. The molecule has 0 radical (unpaired) electrons. The monoisotopic (exact) mass is 435 g/mol. The number of methoxy groups -OCH3 is 1. The number of para-hydroxylation sites is 1. The van der Waals surface area contributed by atoms with Crippen LogP contribution in [0.25, 0.3) is 17.1 Å². The Balaban J connectivity index is 1.65. The van der Waals surface area contributed by atoms with Crippen molar-refractivity contribution in [2.45, 2.75) is 19.0 Å². The van der Waals surface area contributed by atoms with E-state index in [1.807, 2.05) is 60.0 Å². The highest BCUT2D eigenvalue weighted by Gasteiger charge is 2.20. The van der Waals surface area contributed by atoms with Gasteiger partial charge in [-0.25, -0.2) is 0 Å². The van der Waals surface area contributed by atoms with E-state index >= 15 is 0 Å². The van der Waals surface area contributed by atoms with E-state index in [9.17, 15) is 4.79 Å². The van der Waals surface area contributed by atoms with Crippen LogP contribution in [-0.4, -0.2) is 38.7 Å². The fourth-order valence-corrected chi connectivity index (χ4v) is 3.77. The molecule has 0 atom stereocenters. The zero-order valence-corrected chi connectivity index (χ0v) is 18.1. The molecule has 0 fully saturated rings. The number of carbonyl (C=O) groups is 1. The molecule has 31 heavy (non-hydrogen) atoms. The van der Waals surface area contributed by atoms with Gasteiger partial charge in [-0.3, -0.25) is 14.7 Å². The second-order valence-corrected chi connectivity index (χ2v) is 7.79. The fraction of sp³-hybridized carbons (Fsp3) is 0.182. The Morgan fingerprint density at radius 2 is 1.90 bits per heavy atom. The van der Waals surface area contributed by atoms with Crippen LogP contribution >= 0.6 is 11.8 Å². The quantitative estimate of drug-likeness (QED) is 0.433. The van der Waals surface area contributed by atoms with Crippen molar-refractivity contribution in [2.75, 3.05) is 18.2 Å². The van der Waals surface area contributed by atoms with E-state index in [-0.39, 0.29) is 11.7 Å². The Morgan fingerprint density at radius 1 is 1.13 bits per heavy atom. The molecule has 1 N–H and O–H groups in total. The molecule has 9 heteroatoms. The van der Waals surface area contributed by atoms with Crippen molar-refractivity contribution in [3.05, 3.63) is 65.9 Å². The molecule has 158 valence electrons. The van der Waals surface area contributed by atoms with Crippen molar-refractivity contribution in [3.8, 4) is 22.8 Å². The molecular weight excluding hydrogens is 414 g/mol.